The normalized spacial score (nSPS) is 11.4. The van der Waals surface area contributed by atoms with Gasteiger partial charge in [-0.05, 0) is 39.8 Å². The van der Waals surface area contributed by atoms with Gasteiger partial charge in [-0.1, -0.05) is 17.7 Å². The van der Waals surface area contributed by atoms with Crippen LogP contribution in [0, 0.1) is 6.92 Å². The van der Waals surface area contributed by atoms with Gasteiger partial charge in [0.25, 0.3) is 0 Å². The molecule has 1 aromatic heterocycles. The van der Waals surface area contributed by atoms with E-state index in [1.165, 1.54) is 6.33 Å². The van der Waals surface area contributed by atoms with Crippen molar-refractivity contribution < 1.29 is 9.53 Å². The molecular weight excluding hydrogens is 254 g/mol. The number of hydrogen-bond donors (Lipinski definition) is 1. The second-order valence-corrected chi connectivity index (χ2v) is 5.69. The summed E-state index contributed by atoms with van der Waals surface area (Å²) in [6, 6.07) is 7.79. The zero-order valence-corrected chi connectivity index (χ0v) is 12.2. The lowest BCUT2D eigenvalue weighted by Crippen LogP contribution is -2.24. The summed E-state index contributed by atoms with van der Waals surface area (Å²) in [5, 5.41) is 0. The van der Waals surface area contributed by atoms with Crippen LogP contribution in [0.15, 0.2) is 30.6 Å². The maximum Gasteiger partial charge on any atom is 0.361 e. The van der Waals surface area contributed by atoms with Crippen LogP contribution in [0.2, 0.25) is 0 Å². The maximum atomic E-state index is 12.0. The van der Waals surface area contributed by atoms with Crippen LogP contribution in [-0.4, -0.2) is 21.1 Å². The Hall–Kier alpha value is -2.30. The number of anilines is 1. The molecule has 1 aromatic carbocycles. The molecule has 0 spiro atoms. The molecule has 2 rings (SSSR count). The van der Waals surface area contributed by atoms with Crippen molar-refractivity contribution in [1.29, 1.82) is 0 Å². The monoisotopic (exact) mass is 273 g/mol. The van der Waals surface area contributed by atoms with Gasteiger partial charge in [0.1, 0.15) is 17.7 Å². The number of esters is 1. The minimum absolute atomic E-state index is 0.139. The summed E-state index contributed by atoms with van der Waals surface area (Å²) < 4.78 is 6.94. The molecule has 0 fully saturated rings. The second kappa shape index (κ2) is 5.00. The van der Waals surface area contributed by atoms with Crippen LogP contribution in [0.4, 0.5) is 5.82 Å². The van der Waals surface area contributed by atoms with Gasteiger partial charge in [-0.15, -0.1) is 0 Å². The van der Waals surface area contributed by atoms with Crippen molar-refractivity contribution in [3.63, 3.8) is 0 Å². The van der Waals surface area contributed by atoms with Crippen LogP contribution in [0.25, 0.3) is 5.69 Å². The molecule has 0 amide bonds. The molecule has 0 aliphatic heterocycles. The Morgan fingerprint density at radius 3 is 2.40 bits per heavy atom. The average molecular weight is 273 g/mol. The van der Waals surface area contributed by atoms with E-state index in [4.69, 9.17) is 10.5 Å². The van der Waals surface area contributed by atoms with Crippen molar-refractivity contribution in [3.8, 4) is 5.69 Å². The molecule has 0 unspecified atom stereocenters. The van der Waals surface area contributed by atoms with Crippen molar-refractivity contribution >= 4 is 11.8 Å². The van der Waals surface area contributed by atoms with E-state index in [0.29, 0.717) is 0 Å². The summed E-state index contributed by atoms with van der Waals surface area (Å²) in [4.78, 5) is 16.1. The molecule has 5 nitrogen and oxygen atoms in total. The molecule has 0 saturated heterocycles. The first-order chi connectivity index (χ1) is 9.28. The molecule has 20 heavy (non-hydrogen) atoms. The number of nitrogens with two attached hydrogens (primary N) is 1. The number of rotatable bonds is 2. The Bertz CT molecular complexity index is 622. The van der Waals surface area contributed by atoms with Crippen LogP contribution < -0.4 is 5.73 Å². The Morgan fingerprint density at radius 1 is 1.25 bits per heavy atom. The first-order valence-electron chi connectivity index (χ1n) is 6.41. The number of ether oxygens (including phenoxy) is 1. The zero-order chi connectivity index (χ0) is 14.9. The number of aryl methyl sites for hydroxylation is 1. The van der Waals surface area contributed by atoms with Gasteiger partial charge in [0.2, 0.25) is 0 Å². The van der Waals surface area contributed by atoms with Crippen LogP contribution >= 0.6 is 0 Å². The van der Waals surface area contributed by atoms with E-state index in [0.717, 1.165) is 11.3 Å². The minimum Gasteiger partial charge on any atom is -0.455 e. The van der Waals surface area contributed by atoms with Gasteiger partial charge in [0, 0.05) is 5.69 Å². The number of imidazole rings is 1. The second-order valence-electron chi connectivity index (χ2n) is 5.69. The van der Waals surface area contributed by atoms with E-state index in [2.05, 4.69) is 4.98 Å². The van der Waals surface area contributed by atoms with Gasteiger partial charge in [0.05, 0.1) is 0 Å². The fourth-order valence-corrected chi connectivity index (χ4v) is 1.75. The van der Waals surface area contributed by atoms with E-state index in [1.807, 2.05) is 31.2 Å². The average Bonchev–Trinajstić information content (AvgIpc) is 2.70. The number of carbonyl (C=O) groups excluding carboxylic acids is 1. The SMILES string of the molecule is Cc1ccc(-n2cnc(C(=O)OC(C)(C)C)c2N)cc1. The van der Waals surface area contributed by atoms with E-state index >= 15 is 0 Å². The van der Waals surface area contributed by atoms with Gasteiger partial charge in [-0.3, -0.25) is 4.57 Å². The van der Waals surface area contributed by atoms with Crippen molar-refractivity contribution in [2.24, 2.45) is 0 Å². The summed E-state index contributed by atoms with van der Waals surface area (Å²) in [5.41, 5.74) is 7.57. The Morgan fingerprint density at radius 2 is 1.85 bits per heavy atom. The molecule has 2 N–H and O–H groups in total. The summed E-state index contributed by atoms with van der Waals surface area (Å²) in [7, 11) is 0. The van der Waals surface area contributed by atoms with Crippen LogP contribution in [0.5, 0.6) is 0 Å². The van der Waals surface area contributed by atoms with Gasteiger partial charge < -0.3 is 10.5 Å². The number of aromatic nitrogens is 2. The maximum absolute atomic E-state index is 12.0. The molecule has 2 aromatic rings. The zero-order valence-electron chi connectivity index (χ0n) is 12.2. The lowest BCUT2D eigenvalue weighted by atomic mass is 10.2. The van der Waals surface area contributed by atoms with E-state index < -0.39 is 11.6 Å². The summed E-state index contributed by atoms with van der Waals surface area (Å²) >= 11 is 0. The predicted molar refractivity (Wildman–Crippen MR) is 77.9 cm³/mol. The smallest absolute Gasteiger partial charge is 0.361 e. The highest BCUT2D eigenvalue weighted by Gasteiger charge is 2.23. The quantitative estimate of drug-likeness (QED) is 0.854. The lowest BCUT2D eigenvalue weighted by molar-refractivity contribution is 0.00648. The molecule has 0 aliphatic carbocycles. The largest absolute Gasteiger partial charge is 0.455 e. The first kappa shape index (κ1) is 14.1. The molecule has 0 aliphatic rings. The summed E-state index contributed by atoms with van der Waals surface area (Å²) in [6.07, 6.45) is 1.53. The van der Waals surface area contributed by atoms with Crippen molar-refractivity contribution in [2.45, 2.75) is 33.3 Å². The standard InChI is InChI=1S/C15H19N3O2/c1-10-5-7-11(8-6-10)18-9-17-12(13(18)16)14(19)20-15(2,3)4/h5-9H,16H2,1-4H3. The van der Waals surface area contributed by atoms with Crippen molar-refractivity contribution in [3.05, 3.63) is 41.9 Å². The molecule has 0 saturated carbocycles. The molecular formula is C15H19N3O2. The van der Waals surface area contributed by atoms with E-state index in [-0.39, 0.29) is 11.5 Å². The minimum atomic E-state index is -0.572. The highest BCUT2D eigenvalue weighted by Crippen LogP contribution is 2.20. The number of carbonyl (C=O) groups is 1. The van der Waals surface area contributed by atoms with Crippen LogP contribution in [0.3, 0.4) is 0 Å². The number of benzene rings is 1. The third kappa shape index (κ3) is 2.99. The summed E-state index contributed by atoms with van der Waals surface area (Å²) in [5.74, 6) is -0.232. The van der Waals surface area contributed by atoms with Crippen molar-refractivity contribution in [1.82, 2.24) is 9.55 Å². The third-order valence-electron chi connectivity index (χ3n) is 2.71. The van der Waals surface area contributed by atoms with E-state index in [9.17, 15) is 4.79 Å². The summed E-state index contributed by atoms with van der Waals surface area (Å²) in [6.45, 7) is 7.42. The van der Waals surface area contributed by atoms with Gasteiger partial charge >= 0.3 is 5.97 Å². The highest BCUT2D eigenvalue weighted by atomic mass is 16.6. The predicted octanol–water partition coefficient (Wildman–Crippen LogP) is 2.72. The topological polar surface area (TPSA) is 70.1 Å². The van der Waals surface area contributed by atoms with Crippen LogP contribution in [-0.2, 0) is 4.74 Å². The number of nitrogen functional groups attached to an aromatic ring is 1. The van der Waals surface area contributed by atoms with Gasteiger partial charge in [-0.25, -0.2) is 9.78 Å². The highest BCUT2D eigenvalue weighted by molar-refractivity contribution is 5.92. The molecule has 106 valence electrons. The first-order valence-corrected chi connectivity index (χ1v) is 6.41. The molecule has 0 radical (unpaired) electrons. The van der Waals surface area contributed by atoms with Gasteiger partial charge in [-0.2, -0.15) is 0 Å². The molecule has 0 atom stereocenters. The molecule has 0 bridgehead atoms. The Kier molecular flexibility index (Phi) is 3.53. The third-order valence-corrected chi connectivity index (χ3v) is 2.71. The fourth-order valence-electron chi connectivity index (χ4n) is 1.75. The molecule has 5 heteroatoms. The Balaban J connectivity index is 2.32. The molecule has 1 heterocycles. The number of hydrogen-bond acceptors (Lipinski definition) is 4. The van der Waals surface area contributed by atoms with E-state index in [1.54, 1.807) is 25.3 Å². The van der Waals surface area contributed by atoms with Crippen molar-refractivity contribution in [2.75, 3.05) is 5.73 Å². The van der Waals surface area contributed by atoms with Crippen LogP contribution in [0.1, 0.15) is 36.8 Å². The lowest BCUT2D eigenvalue weighted by Gasteiger charge is -2.18. The van der Waals surface area contributed by atoms with Gasteiger partial charge in [0.15, 0.2) is 5.69 Å². The Labute approximate surface area is 118 Å². The number of nitrogens with zero attached hydrogens (tertiary/aromatic N) is 2. The fraction of sp³-hybridized carbons (Fsp3) is 0.333.